The van der Waals surface area contributed by atoms with Gasteiger partial charge in [-0.2, -0.15) is 0 Å². The van der Waals surface area contributed by atoms with E-state index in [-0.39, 0.29) is 12.3 Å². The summed E-state index contributed by atoms with van der Waals surface area (Å²) in [7, 11) is 0. The van der Waals surface area contributed by atoms with E-state index in [1.54, 1.807) is 6.92 Å². The summed E-state index contributed by atoms with van der Waals surface area (Å²) in [4.78, 5) is 20.5. The van der Waals surface area contributed by atoms with Gasteiger partial charge >= 0.3 is 0 Å². The van der Waals surface area contributed by atoms with Gasteiger partial charge in [-0.15, -0.1) is 0 Å². The Balaban J connectivity index is 3.49. The Labute approximate surface area is 69.5 Å². The van der Waals surface area contributed by atoms with Crippen LogP contribution in [0.5, 0.6) is 0 Å². The molecular formula is C6H8Cl2O2. The van der Waals surface area contributed by atoms with Crippen LogP contribution in [0.15, 0.2) is 0 Å². The van der Waals surface area contributed by atoms with Crippen molar-refractivity contribution in [3.63, 3.8) is 0 Å². The molecule has 0 amide bonds. The average Bonchev–Trinajstić information content (AvgIpc) is 1.82. The highest BCUT2D eigenvalue weighted by atomic mass is 35.5. The second-order valence-electron chi connectivity index (χ2n) is 2.10. The van der Waals surface area contributed by atoms with E-state index in [4.69, 9.17) is 23.2 Å². The molecule has 0 fully saturated rings. The zero-order chi connectivity index (χ0) is 8.15. The van der Waals surface area contributed by atoms with E-state index in [0.717, 1.165) is 0 Å². The Morgan fingerprint density at radius 1 is 1.40 bits per heavy atom. The third-order valence-electron chi connectivity index (χ3n) is 1.16. The van der Waals surface area contributed by atoms with Gasteiger partial charge in [0.05, 0.1) is 0 Å². The topological polar surface area (TPSA) is 34.1 Å². The van der Waals surface area contributed by atoms with Crippen molar-refractivity contribution in [3.8, 4) is 0 Å². The van der Waals surface area contributed by atoms with Gasteiger partial charge in [-0.1, -0.05) is 6.92 Å². The van der Waals surface area contributed by atoms with Gasteiger partial charge in [0, 0.05) is 12.3 Å². The first-order valence-corrected chi connectivity index (χ1v) is 3.67. The third-order valence-corrected chi connectivity index (χ3v) is 1.72. The zero-order valence-electron chi connectivity index (χ0n) is 5.56. The molecule has 0 rings (SSSR count). The number of rotatable bonds is 4. The fraction of sp³-hybridized carbons (Fsp3) is 0.667. The fourth-order valence-corrected chi connectivity index (χ4v) is 0.662. The van der Waals surface area contributed by atoms with Gasteiger partial charge in [0.1, 0.15) is 0 Å². The lowest BCUT2D eigenvalue weighted by Gasteiger charge is -2.00. The molecule has 0 bridgehead atoms. The molecule has 10 heavy (non-hydrogen) atoms. The highest BCUT2D eigenvalue weighted by Crippen LogP contribution is 2.09. The van der Waals surface area contributed by atoms with Crippen molar-refractivity contribution in [1.82, 2.24) is 0 Å². The van der Waals surface area contributed by atoms with Gasteiger partial charge in [-0.3, -0.25) is 9.59 Å². The third kappa shape index (κ3) is 4.77. The molecule has 58 valence electrons. The van der Waals surface area contributed by atoms with Crippen LogP contribution in [-0.2, 0) is 9.59 Å². The molecule has 1 atom stereocenters. The van der Waals surface area contributed by atoms with E-state index >= 15 is 0 Å². The minimum atomic E-state index is -0.426. The molecule has 0 saturated carbocycles. The van der Waals surface area contributed by atoms with Gasteiger partial charge in [0.25, 0.3) is 0 Å². The molecular weight excluding hydrogens is 175 g/mol. The normalized spacial score (nSPS) is 12.7. The lowest BCUT2D eigenvalue weighted by atomic mass is 10.1. The maximum absolute atomic E-state index is 10.4. The predicted molar refractivity (Wildman–Crippen MR) is 40.1 cm³/mol. The smallest absolute Gasteiger partial charge is 0.224 e. The van der Waals surface area contributed by atoms with Crippen molar-refractivity contribution in [2.75, 3.05) is 0 Å². The summed E-state index contributed by atoms with van der Waals surface area (Å²) in [5.74, 6) is -0.274. The molecule has 0 aromatic carbocycles. The monoisotopic (exact) mass is 182 g/mol. The van der Waals surface area contributed by atoms with Gasteiger partial charge in [-0.25, -0.2) is 0 Å². The number of carbonyl (C=O) groups is 2. The highest BCUT2D eigenvalue weighted by molar-refractivity contribution is 6.64. The summed E-state index contributed by atoms with van der Waals surface area (Å²) >= 11 is 10.2. The van der Waals surface area contributed by atoms with Crippen LogP contribution in [-0.4, -0.2) is 10.5 Å². The minimum absolute atomic E-state index is 0.210. The zero-order valence-corrected chi connectivity index (χ0v) is 7.08. The van der Waals surface area contributed by atoms with Gasteiger partial charge in [0.15, 0.2) is 0 Å². The van der Waals surface area contributed by atoms with E-state index in [1.165, 1.54) is 0 Å². The Hall–Kier alpha value is -0.0800. The molecule has 0 aromatic rings. The van der Waals surface area contributed by atoms with Gasteiger partial charge in [0.2, 0.25) is 10.5 Å². The van der Waals surface area contributed by atoms with Crippen LogP contribution in [0, 0.1) is 5.92 Å². The first kappa shape index (κ1) is 9.92. The summed E-state index contributed by atoms with van der Waals surface area (Å²) < 4.78 is 0. The van der Waals surface area contributed by atoms with E-state index in [2.05, 4.69) is 0 Å². The second-order valence-corrected chi connectivity index (χ2v) is 2.89. The summed E-state index contributed by atoms with van der Waals surface area (Å²) in [5, 5.41) is -0.845. The number of halogens is 2. The lowest BCUT2D eigenvalue weighted by molar-refractivity contribution is -0.115. The Morgan fingerprint density at radius 3 is 2.20 bits per heavy atom. The van der Waals surface area contributed by atoms with Crippen LogP contribution in [0.25, 0.3) is 0 Å². The lowest BCUT2D eigenvalue weighted by Crippen LogP contribution is -2.04. The highest BCUT2D eigenvalue weighted by Gasteiger charge is 2.10. The molecule has 0 radical (unpaired) electrons. The molecule has 0 aromatic heterocycles. The van der Waals surface area contributed by atoms with Crippen molar-refractivity contribution in [2.45, 2.75) is 19.8 Å². The summed E-state index contributed by atoms with van der Waals surface area (Å²) in [5.41, 5.74) is 0. The second kappa shape index (κ2) is 4.69. The maximum atomic E-state index is 10.4. The number of hydrogen-bond acceptors (Lipinski definition) is 2. The van der Waals surface area contributed by atoms with E-state index in [1.807, 2.05) is 0 Å². The Kier molecular flexibility index (Phi) is 4.65. The molecule has 0 aliphatic rings. The van der Waals surface area contributed by atoms with E-state index in [9.17, 15) is 9.59 Å². The van der Waals surface area contributed by atoms with E-state index in [0.29, 0.717) is 6.42 Å². The van der Waals surface area contributed by atoms with Crippen molar-refractivity contribution in [2.24, 2.45) is 5.92 Å². The Morgan fingerprint density at radius 2 is 1.90 bits per heavy atom. The van der Waals surface area contributed by atoms with Crippen LogP contribution in [0.2, 0.25) is 0 Å². The molecule has 0 heterocycles. The maximum Gasteiger partial charge on any atom is 0.224 e. The first-order chi connectivity index (χ1) is 4.54. The first-order valence-electron chi connectivity index (χ1n) is 2.91. The molecule has 2 nitrogen and oxygen atoms in total. The summed E-state index contributed by atoms with van der Waals surface area (Å²) in [6, 6.07) is 0. The molecule has 0 saturated heterocycles. The predicted octanol–water partition coefficient (Wildman–Crippen LogP) is 1.93. The number of carbonyl (C=O) groups excluding carboxylic acids is 2. The summed E-state index contributed by atoms with van der Waals surface area (Å²) in [6.45, 7) is 1.66. The SMILES string of the molecule is CC(CCC(=O)Cl)C(=O)Cl. The largest absolute Gasteiger partial charge is 0.281 e. The van der Waals surface area contributed by atoms with Crippen molar-refractivity contribution in [3.05, 3.63) is 0 Å². The molecule has 0 aliphatic carbocycles. The van der Waals surface area contributed by atoms with Crippen molar-refractivity contribution in [1.29, 1.82) is 0 Å². The van der Waals surface area contributed by atoms with Gasteiger partial charge < -0.3 is 0 Å². The van der Waals surface area contributed by atoms with Crippen molar-refractivity contribution < 1.29 is 9.59 Å². The number of hydrogen-bond donors (Lipinski definition) is 0. The summed E-state index contributed by atoms with van der Waals surface area (Å²) in [6.07, 6.45) is 0.645. The average molecular weight is 183 g/mol. The quantitative estimate of drug-likeness (QED) is 0.624. The van der Waals surface area contributed by atoms with Crippen LogP contribution >= 0.6 is 23.2 Å². The molecule has 1 unspecified atom stereocenters. The van der Waals surface area contributed by atoms with Crippen LogP contribution < -0.4 is 0 Å². The molecule has 4 heteroatoms. The van der Waals surface area contributed by atoms with E-state index < -0.39 is 10.5 Å². The van der Waals surface area contributed by atoms with Gasteiger partial charge in [-0.05, 0) is 29.6 Å². The van der Waals surface area contributed by atoms with Crippen LogP contribution in [0.4, 0.5) is 0 Å². The standard InChI is InChI=1S/C6H8Cl2O2/c1-4(6(8)10)2-3-5(7)9/h4H,2-3H2,1H3. The van der Waals surface area contributed by atoms with Crippen LogP contribution in [0.1, 0.15) is 19.8 Å². The van der Waals surface area contributed by atoms with Crippen LogP contribution in [0.3, 0.4) is 0 Å². The molecule has 0 N–H and O–H groups in total. The Bertz CT molecular complexity index is 145. The molecule has 0 spiro atoms. The minimum Gasteiger partial charge on any atom is -0.281 e. The van der Waals surface area contributed by atoms with Crippen molar-refractivity contribution >= 4 is 33.7 Å². The molecule has 0 aliphatic heterocycles. The fourth-order valence-electron chi connectivity index (χ4n) is 0.443.